The predicted molar refractivity (Wildman–Crippen MR) is 94.7 cm³/mol. The van der Waals surface area contributed by atoms with Crippen LogP contribution in [0.4, 0.5) is 0 Å². The van der Waals surface area contributed by atoms with E-state index in [0.29, 0.717) is 0 Å². The molecule has 1 aliphatic heterocycles. The second-order valence-corrected chi connectivity index (χ2v) is 6.85. The number of rotatable bonds is 1. The molecule has 0 spiro atoms. The average molecular weight is 367 g/mol. The highest BCUT2D eigenvalue weighted by atomic mass is 79.9. The summed E-state index contributed by atoms with van der Waals surface area (Å²) in [5.74, 6) is -0.157. The molecule has 0 bridgehead atoms. The van der Waals surface area contributed by atoms with Crippen molar-refractivity contribution >= 4 is 21.9 Å². The second kappa shape index (κ2) is 10.0. The van der Waals surface area contributed by atoms with E-state index < -0.39 is 0 Å². The zero-order chi connectivity index (χ0) is 15.6. The van der Waals surface area contributed by atoms with Crippen molar-refractivity contribution in [2.75, 3.05) is 5.33 Å². The van der Waals surface area contributed by atoms with Crippen LogP contribution in [0.1, 0.15) is 73.7 Å². The first-order valence-electron chi connectivity index (χ1n) is 8.66. The summed E-state index contributed by atoms with van der Waals surface area (Å²) in [4.78, 5) is 12.5. The lowest BCUT2D eigenvalue weighted by molar-refractivity contribution is 0.0330. The molecule has 0 saturated heterocycles. The molecule has 0 saturated carbocycles. The van der Waals surface area contributed by atoms with Gasteiger partial charge >= 0.3 is 5.97 Å². The maximum Gasteiger partial charge on any atom is 0.338 e. The Morgan fingerprint density at radius 3 is 2.32 bits per heavy atom. The molecule has 2 nitrogen and oxygen atoms in total. The molecule has 0 amide bonds. The lowest BCUT2D eigenvalue weighted by Crippen LogP contribution is -2.20. The number of alkyl halides is 1. The highest BCUT2D eigenvalue weighted by molar-refractivity contribution is 9.09. The van der Waals surface area contributed by atoms with Gasteiger partial charge in [-0.1, -0.05) is 72.7 Å². The molecule has 1 aromatic rings. The van der Waals surface area contributed by atoms with Crippen molar-refractivity contribution in [2.45, 2.75) is 70.3 Å². The summed E-state index contributed by atoms with van der Waals surface area (Å²) in [6, 6.07) is 7.92. The van der Waals surface area contributed by atoms with Crippen molar-refractivity contribution in [3.63, 3.8) is 0 Å². The Bertz CT molecular complexity index is 459. The molecule has 1 heterocycles. The van der Waals surface area contributed by atoms with E-state index in [4.69, 9.17) is 4.74 Å². The van der Waals surface area contributed by atoms with E-state index in [1.807, 2.05) is 18.2 Å². The minimum Gasteiger partial charge on any atom is -0.458 e. The summed E-state index contributed by atoms with van der Waals surface area (Å²) < 4.78 is 5.72. The standard InChI is InChI=1S/C19H27BrO2/c20-15-17-13-8-6-4-2-1-3-5-7-11-16-12-9-10-14-18(16)19(21)22-17/h9-10,12,14,17H,1-8,11,13,15H2. The molecular formula is C19H27BrO2. The third-order valence-corrected chi connectivity index (χ3v) is 5.13. The van der Waals surface area contributed by atoms with Crippen LogP contribution in [0.25, 0.3) is 0 Å². The molecule has 0 N–H and O–H groups in total. The van der Waals surface area contributed by atoms with Gasteiger partial charge in [-0.15, -0.1) is 0 Å². The molecule has 0 aliphatic carbocycles. The van der Waals surface area contributed by atoms with Crippen LogP contribution in [0.5, 0.6) is 0 Å². The number of fused-ring (bicyclic) bond motifs is 1. The molecule has 1 atom stereocenters. The highest BCUT2D eigenvalue weighted by Crippen LogP contribution is 2.19. The molecule has 1 aliphatic rings. The fourth-order valence-electron chi connectivity index (χ4n) is 3.07. The van der Waals surface area contributed by atoms with Crippen LogP contribution in [0.2, 0.25) is 0 Å². The van der Waals surface area contributed by atoms with E-state index in [1.54, 1.807) is 0 Å². The van der Waals surface area contributed by atoms with Crippen LogP contribution in [0.15, 0.2) is 24.3 Å². The number of halogens is 1. The molecule has 22 heavy (non-hydrogen) atoms. The first kappa shape index (κ1) is 17.5. The topological polar surface area (TPSA) is 26.3 Å². The van der Waals surface area contributed by atoms with Gasteiger partial charge in [-0.2, -0.15) is 0 Å². The number of carbonyl (C=O) groups excluding carboxylic acids is 1. The summed E-state index contributed by atoms with van der Waals surface area (Å²) in [5.41, 5.74) is 1.89. The van der Waals surface area contributed by atoms with Crippen molar-refractivity contribution in [3.8, 4) is 0 Å². The van der Waals surface area contributed by atoms with Crippen LogP contribution in [0.3, 0.4) is 0 Å². The predicted octanol–water partition coefficient (Wildman–Crippen LogP) is 5.67. The highest BCUT2D eigenvalue weighted by Gasteiger charge is 2.17. The van der Waals surface area contributed by atoms with E-state index in [9.17, 15) is 4.79 Å². The molecule has 1 aromatic carbocycles. The van der Waals surface area contributed by atoms with E-state index >= 15 is 0 Å². The Morgan fingerprint density at radius 2 is 1.59 bits per heavy atom. The maximum absolute atomic E-state index is 12.5. The second-order valence-electron chi connectivity index (χ2n) is 6.21. The molecule has 3 heteroatoms. The Kier molecular flexibility index (Phi) is 8.00. The fourth-order valence-corrected chi connectivity index (χ4v) is 3.52. The van der Waals surface area contributed by atoms with Gasteiger partial charge in [0.2, 0.25) is 0 Å². The smallest absolute Gasteiger partial charge is 0.338 e. The summed E-state index contributed by atoms with van der Waals surface area (Å²) in [6.45, 7) is 0. The number of hydrogen-bond acceptors (Lipinski definition) is 2. The van der Waals surface area contributed by atoms with Gasteiger partial charge in [0.1, 0.15) is 6.10 Å². The van der Waals surface area contributed by atoms with E-state index in [0.717, 1.165) is 42.1 Å². The lowest BCUT2D eigenvalue weighted by atomic mass is 10.0. The van der Waals surface area contributed by atoms with Crippen LogP contribution < -0.4 is 0 Å². The van der Waals surface area contributed by atoms with Gasteiger partial charge in [-0.3, -0.25) is 0 Å². The van der Waals surface area contributed by atoms with Crippen molar-refractivity contribution in [1.82, 2.24) is 0 Å². The normalized spacial score (nSPS) is 22.0. The summed E-state index contributed by atoms with van der Waals surface area (Å²) in [6.07, 6.45) is 12.0. The van der Waals surface area contributed by atoms with Gasteiger partial charge in [0.15, 0.2) is 0 Å². The Labute approximate surface area is 142 Å². The summed E-state index contributed by atoms with van der Waals surface area (Å²) in [7, 11) is 0. The van der Waals surface area contributed by atoms with Crippen molar-refractivity contribution in [3.05, 3.63) is 35.4 Å². The molecule has 0 radical (unpaired) electrons. The van der Waals surface area contributed by atoms with Gasteiger partial charge in [0, 0.05) is 5.33 Å². The number of ether oxygens (including phenoxy) is 1. The Hall–Kier alpha value is -0.830. The number of carbonyl (C=O) groups is 1. The largest absolute Gasteiger partial charge is 0.458 e. The van der Waals surface area contributed by atoms with Gasteiger partial charge in [-0.05, 0) is 37.3 Å². The molecule has 2 rings (SSSR count). The van der Waals surface area contributed by atoms with Crippen molar-refractivity contribution in [2.24, 2.45) is 0 Å². The lowest BCUT2D eigenvalue weighted by Gasteiger charge is -2.16. The van der Waals surface area contributed by atoms with E-state index in [-0.39, 0.29) is 12.1 Å². The monoisotopic (exact) mass is 366 g/mol. The SMILES string of the molecule is O=C1OC(CBr)CCCCCCCCCCc2ccccc21. The van der Waals surface area contributed by atoms with E-state index in [1.165, 1.54) is 38.5 Å². The molecule has 122 valence electrons. The van der Waals surface area contributed by atoms with E-state index in [2.05, 4.69) is 22.0 Å². The number of cyclic esters (lactones) is 1. The summed E-state index contributed by atoms with van der Waals surface area (Å²) >= 11 is 3.48. The fraction of sp³-hybridized carbons (Fsp3) is 0.632. The number of aryl methyl sites for hydroxylation is 1. The summed E-state index contributed by atoms with van der Waals surface area (Å²) in [5, 5.41) is 0.723. The first-order chi connectivity index (χ1) is 10.8. The zero-order valence-corrected chi connectivity index (χ0v) is 14.9. The minimum absolute atomic E-state index is 0.00863. The van der Waals surface area contributed by atoms with Crippen LogP contribution in [0, 0.1) is 0 Å². The maximum atomic E-state index is 12.5. The first-order valence-corrected chi connectivity index (χ1v) is 9.78. The van der Waals surface area contributed by atoms with Gasteiger partial charge < -0.3 is 4.74 Å². The zero-order valence-electron chi connectivity index (χ0n) is 13.4. The number of hydrogen-bond donors (Lipinski definition) is 0. The Morgan fingerprint density at radius 1 is 0.955 bits per heavy atom. The van der Waals surface area contributed by atoms with Gasteiger partial charge in [0.05, 0.1) is 5.56 Å². The Balaban J connectivity index is 2.07. The third kappa shape index (κ3) is 5.75. The average Bonchev–Trinajstić information content (AvgIpc) is 2.55. The van der Waals surface area contributed by atoms with Gasteiger partial charge in [-0.25, -0.2) is 4.79 Å². The van der Waals surface area contributed by atoms with Crippen molar-refractivity contribution < 1.29 is 9.53 Å². The quantitative estimate of drug-likeness (QED) is 0.472. The number of esters is 1. The van der Waals surface area contributed by atoms with Gasteiger partial charge in [0.25, 0.3) is 0 Å². The number of benzene rings is 1. The van der Waals surface area contributed by atoms with Crippen LogP contribution in [-0.2, 0) is 11.2 Å². The van der Waals surface area contributed by atoms with Crippen LogP contribution >= 0.6 is 15.9 Å². The van der Waals surface area contributed by atoms with Crippen molar-refractivity contribution in [1.29, 1.82) is 0 Å². The molecule has 0 aromatic heterocycles. The third-order valence-electron chi connectivity index (χ3n) is 4.41. The molecule has 1 unspecified atom stereocenters. The van der Waals surface area contributed by atoms with Crippen LogP contribution in [-0.4, -0.2) is 17.4 Å². The molecular weight excluding hydrogens is 340 g/mol. The molecule has 0 fully saturated rings. The minimum atomic E-state index is -0.157.